The lowest BCUT2D eigenvalue weighted by molar-refractivity contribution is -0.147. The minimum absolute atomic E-state index is 0.00350. The molecule has 0 aromatic carbocycles. The molecule has 5 heteroatoms. The molecule has 2 N–H and O–H groups in total. The fourth-order valence-corrected chi connectivity index (χ4v) is 2.00. The van der Waals surface area contributed by atoms with E-state index >= 15 is 0 Å². The van der Waals surface area contributed by atoms with Crippen molar-refractivity contribution in [1.29, 1.82) is 0 Å². The Bertz CT molecular complexity index is 191. The van der Waals surface area contributed by atoms with E-state index < -0.39 is 0 Å². The highest BCUT2D eigenvalue weighted by Crippen LogP contribution is 2.07. The van der Waals surface area contributed by atoms with Crippen LogP contribution >= 0.6 is 11.8 Å². The van der Waals surface area contributed by atoms with Crippen LogP contribution in [0.1, 0.15) is 26.2 Å². The number of aliphatic hydroxyl groups is 1. The first kappa shape index (κ1) is 16.7. The van der Waals surface area contributed by atoms with Crippen molar-refractivity contribution in [2.75, 3.05) is 38.3 Å². The highest BCUT2D eigenvalue weighted by Gasteiger charge is 2.12. The summed E-state index contributed by atoms with van der Waals surface area (Å²) in [6.07, 6.45) is 5.00. The van der Waals surface area contributed by atoms with Crippen LogP contribution in [0.2, 0.25) is 0 Å². The average Bonchev–Trinajstić information content (AvgIpc) is 2.32. The summed E-state index contributed by atoms with van der Waals surface area (Å²) in [4.78, 5) is 11.4. The maximum absolute atomic E-state index is 11.4. The van der Waals surface area contributed by atoms with Crippen LogP contribution in [0.3, 0.4) is 0 Å². The Morgan fingerprint density at radius 1 is 1.35 bits per heavy atom. The number of carbonyl (C=O) groups is 1. The lowest BCUT2D eigenvalue weighted by atomic mass is 10.2. The van der Waals surface area contributed by atoms with Crippen molar-refractivity contribution >= 4 is 17.7 Å². The predicted octanol–water partition coefficient (Wildman–Crippen LogP) is 1.28. The molecule has 0 aliphatic rings. The molecule has 0 radical (unpaired) electrons. The highest BCUT2D eigenvalue weighted by atomic mass is 32.2. The first-order valence-electron chi connectivity index (χ1n) is 6.19. The minimum atomic E-state index is -0.0854. The average molecular weight is 263 g/mol. The number of carbonyl (C=O) groups excluding carboxylic acids is 1. The van der Waals surface area contributed by atoms with Crippen LogP contribution in [0, 0.1) is 5.92 Å². The van der Waals surface area contributed by atoms with Gasteiger partial charge in [-0.2, -0.15) is 11.8 Å². The number of unbranched alkanes of at least 4 members (excludes halogenated alkanes) is 2. The predicted molar refractivity (Wildman–Crippen MR) is 72.3 cm³/mol. The van der Waals surface area contributed by atoms with Gasteiger partial charge in [0.15, 0.2) is 0 Å². The quantitative estimate of drug-likeness (QED) is 0.434. The van der Waals surface area contributed by atoms with Crippen LogP contribution in [0.25, 0.3) is 0 Å². The molecule has 0 aliphatic carbocycles. The van der Waals surface area contributed by atoms with E-state index in [0.717, 1.165) is 31.6 Å². The van der Waals surface area contributed by atoms with E-state index in [-0.39, 0.29) is 18.5 Å². The summed E-state index contributed by atoms with van der Waals surface area (Å²) in [5, 5.41) is 11.7. The molecule has 0 saturated heterocycles. The van der Waals surface area contributed by atoms with Gasteiger partial charge in [-0.3, -0.25) is 4.79 Å². The van der Waals surface area contributed by atoms with Gasteiger partial charge in [-0.25, -0.2) is 0 Å². The Hall–Kier alpha value is -0.260. The Labute approximate surface area is 108 Å². The summed E-state index contributed by atoms with van der Waals surface area (Å²) in [5.74, 6) is 0.734. The fraction of sp³-hybridized carbons (Fsp3) is 0.917. The third-order valence-electron chi connectivity index (χ3n) is 2.35. The van der Waals surface area contributed by atoms with Gasteiger partial charge in [0.25, 0.3) is 0 Å². The number of nitrogens with one attached hydrogen (secondary N) is 1. The van der Waals surface area contributed by atoms with Gasteiger partial charge < -0.3 is 15.2 Å². The number of rotatable bonds is 11. The van der Waals surface area contributed by atoms with E-state index in [1.165, 1.54) is 0 Å². The number of thioether (sulfide) groups is 1. The molecule has 4 nitrogen and oxygen atoms in total. The zero-order chi connectivity index (χ0) is 12.9. The van der Waals surface area contributed by atoms with Gasteiger partial charge in [-0.1, -0.05) is 6.92 Å². The number of hydrogen-bond acceptors (Lipinski definition) is 5. The van der Waals surface area contributed by atoms with Crippen molar-refractivity contribution < 1.29 is 14.6 Å². The molecular weight excluding hydrogens is 238 g/mol. The van der Waals surface area contributed by atoms with Gasteiger partial charge in [0, 0.05) is 12.3 Å². The van der Waals surface area contributed by atoms with Crippen LogP contribution in [-0.2, 0) is 9.53 Å². The molecule has 0 saturated carbocycles. The van der Waals surface area contributed by atoms with Crippen LogP contribution in [0.4, 0.5) is 0 Å². The van der Waals surface area contributed by atoms with Crippen molar-refractivity contribution in [3.8, 4) is 0 Å². The second-order valence-electron chi connectivity index (χ2n) is 4.06. The lowest BCUT2D eigenvalue weighted by Crippen LogP contribution is -2.19. The van der Waals surface area contributed by atoms with Crippen molar-refractivity contribution in [2.24, 2.45) is 5.92 Å². The van der Waals surface area contributed by atoms with Crippen molar-refractivity contribution in [3.63, 3.8) is 0 Å². The van der Waals surface area contributed by atoms with Gasteiger partial charge in [0.1, 0.15) is 0 Å². The summed E-state index contributed by atoms with van der Waals surface area (Å²) in [7, 11) is 0. The van der Waals surface area contributed by atoms with Gasteiger partial charge in [0.2, 0.25) is 0 Å². The van der Waals surface area contributed by atoms with Crippen LogP contribution in [-0.4, -0.2) is 49.4 Å². The molecular formula is C12H25NO3S. The van der Waals surface area contributed by atoms with E-state index in [1.807, 2.05) is 13.2 Å². The zero-order valence-corrected chi connectivity index (χ0v) is 11.7. The monoisotopic (exact) mass is 263 g/mol. The molecule has 0 amide bonds. The van der Waals surface area contributed by atoms with E-state index in [2.05, 4.69) is 5.32 Å². The molecule has 0 heterocycles. The summed E-state index contributed by atoms with van der Waals surface area (Å²) >= 11 is 1.66. The molecule has 17 heavy (non-hydrogen) atoms. The fourth-order valence-electron chi connectivity index (χ4n) is 1.37. The van der Waals surface area contributed by atoms with Crippen LogP contribution in [0.5, 0.6) is 0 Å². The number of aliphatic hydroxyl groups excluding tert-OH is 1. The molecule has 1 atom stereocenters. The van der Waals surface area contributed by atoms with Crippen LogP contribution < -0.4 is 5.32 Å². The van der Waals surface area contributed by atoms with E-state index in [4.69, 9.17) is 9.84 Å². The SMILES string of the molecule is CSCC(C)C(=O)OCCCCCNCCO. The standard InChI is InChI=1S/C12H25NO3S/c1-11(10-17-2)12(15)16-9-5-3-4-6-13-7-8-14/h11,13-14H,3-10H2,1-2H3. The topological polar surface area (TPSA) is 58.6 Å². The third kappa shape index (κ3) is 10.6. The molecule has 0 bridgehead atoms. The summed E-state index contributed by atoms with van der Waals surface area (Å²) in [6, 6.07) is 0. The molecule has 1 unspecified atom stereocenters. The minimum Gasteiger partial charge on any atom is -0.465 e. The molecule has 102 valence electrons. The maximum Gasteiger partial charge on any atom is 0.309 e. The second kappa shape index (κ2) is 12.2. The molecule has 0 aliphatic heterocycles. The molecule has 0 fully saturated rings. The van der Waals surface area contributed by atoms with Crippen molar-refractivity contribution in [2.45, 2.75) is 26.2 Å². The zero-order valence-electron chi connectivity index (χ0n) is 10.9. The third-order valence-corrected chi connectivity index (χ3v) is 3.18. The Kier molecular flexibility index (Phi) is 12.0. The summed E-state index contributed by atoms with van der Waals surface area (Å²) in [5.41, 5.74) is 0. The van der Waals surface area contributed by atoms with Gasteiger partial charge >= 0.3 is 5.97 Å². The molecule has 0 spiro atoms. The summed E-state index contributed by atoms with van der Waals surface area (Å²) < 4.78 is 5.17. The van der Waals surface area contributed by atoms with E-state index in [9.17, 15) is 4.79 Å². The Balaban J connectivity index is 3.24. The first-order chi connectivity index (χ1) is 8.22. The van der Waals surface area contributed by atoms with Crippen LogP contribution in [0.15, 0.2) is 0 Å². The summed E-state index contributed by atoms with van der Waals surface area (Å²) in [6.45, 7) is 4.18. The molecule has 0 aromatic heterocycles. The number of hydrogen-bond donors (Lipinski definition) is 2. The van der Waals surface area contributed by atoms with E-state index in [0.29, 0.717) is 13.2 Å². The normalized spacial score (nSPS) is 12.4. The largest absolute Gasteiger partial charge is 0.465 e. The first-order valence-corrected chi connectivity index (χ1v) is 7.59. The lowest BCUT2D eigenvalue weighted by Gasteiger charge is -2.10. The number of esters is 1. The van der Waals surface area contributed by atoms with Crippen molar-refractivity contribution in [3.05, 3.63) is 0 Å². The van der Waals surface area contributed by atoms with Gasteiger partial charge in [-0.15, -0.1) is 0 Å². The van der Waals surface area contributed by atoms with Gasteiger partial charge in [0.05, 0.1) is 19.1 Å². The number of ether oxygens (including phenoxy) is 1. The Morgan fingerprint density at radius 3 is 2.76 bits per heavy atom. The van der Waals surface area contributed by atoms with Gasteiger partial charge in [-0.05, 0) is 32.1 Å². The Morgan fingerprint density at radius 2 is 2.12 bits per heavy atom. The van der Waals surface area contributed by atoms with E-state index in [1.54, 1.807) is 11.8 Å². The smallest absolute Gasteiger partial charge is 0.309 e. The maximum atomic E-state index is 11.4. The molecule has 0 aromatic rings. The highest BCUT2D eigenvalue weighted by molar-refractivity contribution is 7.98. The second-order valence-corrected chi connectivity index (χ2v) is 4.97. The van der Waals surface area contributed by atoms with Crippen molar-refractivity contribution in [1.82, 2.24) is 5.32 Å². The molecule has 0 rings (SSSR count).